The lowest BCUT2D eigenvalue weighted by Gasteiger charge is -2.10. The molecular formula is C13H10FNO4. The molecule has 19 heavy (non-hydrogen) atoms. The molecule has 0 radical (unpaired) electrons. The summed E-state index contributed by atoms with van der Waals surface area (Å²) in [5.41, 5.74) is 0.0951. The molecule has 0 atom stereocenters. The van der Waals surface area contributed by atoms with Gasteiger partial charge in [-0.1, -0.05) is 18.2 Å². The highest BCUT2D eigenvalue weighted by molar-refractivity contribution is 5.90. The van der Waals surface area contributed by atoms with Gasteiger partial charge in [-0.25, -0.2) is 14.2 Å². The maximum Gasteiger partial charge on any atom is 0.341 e. The van der Waals surface area contributed by atoms with E-state index in [2.05, 4.69) is 4.98 Å². The number of aromatic carboxylic acids is 1. The van der Waals surface area contributed by atoms with Crippen LogP contribution in [0.4, 0.5) is 4.39 Å². The van der Waals surface area contributed by atoms with E-state index < -0.39 is 11.8 Å². The van der Waals surface area contributed by atoms with Crippen molar-refractivity contribution in [2.45, 2.75) is 6.61 Å². The van der Waals surface area contributed by atoms with Gasteiger partial charge in [-0.3, -0.25) is 0 Å². The summed E-state index contributed by atoms with van der Waals surface area (Å²) >= 11 is 0. The maximum absolute atomic E-state index is 13.0. The number of para-hydroxylation sites is 1. The van der Waals surface area contributed by atoms with Gasteiger partial charge >= 0.3 is 5.97 Å². The van der Waals surface area contributed by atoms with E-state index >= 15 is 0 Å². The van der Waals surface area contributed by atoms with E-state index in [1.807, 2.05) is 0 Å². The minimum Gasteiger partial charge on any atom is -0.477 e. The second-order valence-corrected chi connectivity index (χ2v) is 3.68. The summed E-state index contributed by atoms with van der Waals surface area (Å²) in [4.78, 5) is 14.6. The number of benzene rings is 1. The fourth-order valence-electron chi connectivity index (χ4n) is 1.50. The summed E-state index contributed by atoms with van der Waals surface area (Å²) < 4.78 is 18.3. The molecule has 98 valence electrons. The summed E-state index contributed by atoms with van der Waals surface area (Å²) in [5.74, 6) is -2.06. The van der Waals surface area contributed by atoms with E-state index in [0.29, 0.717) is 5.56 Å². The van der Waals surface area contributed by atoms with Gasteiger partial charge in [-0.2, -0.15) is 0 Å². The minimum atomic E-state index is -1.34. The Hall–Kier alpha value is -2.47. The first-order chi connectivity index (χ1) is 9.11. The van der Waals surface area contributed by atoms with Gasteiger partial charge in [0.1, 0.15) is 17.1 Å². The first-order valence-electron chi connectivity index (χ1n) is 5.37. The van der Waals surface area contributed by atoms with Gasteiger partial charge in [-0.15, -0.1) is 0 Å². The van der Waals surface area contributed by atoms with Gasteiger partial charge in [0.15, 0.2) is 0 Å². The summed E-state index contributed by atoms with van der Waals surface area (Å²) in [6.45, 7) is -0.264. The number of carboxylic acid groups (broad SMARTS) is 1. The smallest absolute Gasteiger partial charge is 0.341 e. The van der Waals surface area contributed by atoms with Gasteiger partial charge in [0.2, 0.25) is 5.88 Å². The Morgan fingerprint density at radius 3 is 2.79 bits per heavy atom. The number of aliphatic hydroxyl groups is 1. The van der Waals surface area contributed by atoms with E-state index in [1.165, 1.54) is 0 Å². The van der Waals surface area contributed by atoms with E-state index in [0.717, 1.165) is 12.3 Å². The SMILES string of the molecule is O=C(O)c1cc(F)cnc1Oc1ccccc1CO. The summed E-state index contributed by atoms with van der Waals surface area (Å²) in [7, 11) is 0. The number of pyridine rings is 1. The second-order valence-electron chi connectivity index (χ2n) is 3.68. The molecule has 0 saturated carbocycles. The van der Waals surface area contributed by atoms with Crippen LogP contribution < -0.4 is 4.74 Å². The zero-order valence-corrected chi connectivity index (χ0v) is 9.71. The van der Waals surface area contributed by atoms with Crippen molar-refractivity contribution in [1.82, 2.24) is 4.98 Å². The summed E-state index contributed by atoms with van der Waals surface area (Å²) in [5, 5.41) is 18.1. The van der Waals surface area contributed by atoms with Crippen molar-refractivity contribution < 1.29 is 24.1 Å². The largest absolute Gasteiger partial charge is 0.477 e. The molecule has 0 fully saturated rings. The van der Waals surface area contributed by atoms with Crippen LogP contribution in [0, 0.1) is 5.82 Å². The third kappa shape index (κ3) is 2.86. The standard InChI is InChI=1S/C13H10FNO4/c14-9-5-10(13(17)18)12(15-6-9)19-11-4-2-1-3-8(11)7-16/h1-6,16H,7H2,(H,17,18). The number of halogens is 1. The highest BCUT2D eigenvalue weighted by atomic mass is 19.1. The van der Waals surface area contributed by atoms with E-state index in [-0.39, 0.29) is 23.8 Å². The highest BCUT2D eigenvalue weighted by Gasteiger charge is 2.16. The summed E-state index contributed by atoms with van der Waals surface area (Å²) in [6, 6.07) is 7.38. The number of carbonyl (C=O) groups is 1. The topological polar surface area (TPSA) is 79.7 Å². The number of ether oxygens (including phenoxy) is 1. The zero-order valence-electron chi connectivity index (χ0n) is 9.71. The predicted molar refractivity (Wildman–Crippen MR) is 63.6 cm³/mol. The van der Waals surface area contributed by atoms with E-state index in [4.69, 9.17) is 14.9 Å². The first-order valence-corrected chi connectivity index (χ1v) is 5.37. The fraction of sp³-hybridized carbons (Fsp3) is 0.0769. The molecule has 1 aromatic carbocycles. The van der Waals surface area contributed by atoms with Gasteiger partial charge in [0.05, 0.1) is 12.8 Å². The molecule has 2 rings (SSSR count). The molecule has 5 nitrogen and oxygen atoms in total. The van der Waals surface area contributed by atoms with E-state index in [9.17, 15) is 9.18 Å². The molecule has 0 spiro atoms. The number of hydrogen-bond acceptors (Lipinski definition) is 4. The van der Waals surface area contributed by atoms with Crippen molar-refractivity contribution in [1.29, 1.82) is 0 Å². The van der Waals surface area contributed by atoms with Crippen molar-refractivity contribution in [2.24, 2.45) is 0 Å². The molecule has 2 aromatic rings. The van der Waals surface area contributed by atoms with Crippen LogP contribution in [-0.2, 0) is 6.61 Å². The molecule has 6 heteroatoms. The molecule has 0 saturated heterocycles. The first kappa shape index (κ1) is 13.0. The van der Waals surface area contributed by atoms with Crippen molar-refractivity contribution in [3.8, 4) is 11.6 Å². The van der Waals surface area contributed by atoms with Crippen LogP contribution in [0.2, 0.25) is 0 Å². The van der Waals surface area contributed by atoms with Crippen molar-refractivity contribution in [3.05, 3.63) is 53.5 Å². The lowest BCUT2D eigenvalue weighted by Crippen LogP contribution is -2.03. The van der Waals surface area contributed by atoms with Crippen molar-refractivity contribution in [3.63, 3.8) is 0 Å². The third-order valence-electron chi connectivity index (χ3n) is 2.40. The highest BCUT2D eigenvalue weighted by Crippen LogP contribution is 2.26. The Morgan fingerprint density at radius 1 is 1.37 bits per heavy atom. The second kappa shape index (κ2) is 5.45. The van der Waals surface area contributed by atoms with Gasteiger partial charge < -0.3 is 14.9 Å². The van der Waals surface area contributed by atoms with Crippen LogP contribution in [0.1, 0.15) is 15.9 Å². The predicted octanol–water partition coefficient (Wildman–Crippen LogP) is 2.20. The Morgan fingerprint density at radius 2 is 2.11 bits per heavy atom. The van der Waals surface area contributed by atoms with Gasteiger partial charge in [0, 0.05) is 5.56 Å². The number of nitrogens with zero attached hydrogens (tertiary/aromatic N) is 1. The normalized spacial score (nSPS) is 10.2. The van der Waals surface area contributed by atoms with Crippen LogP contribution in [0.15, 0.2) is 36.5 Å². The Balaban J connectivity index is 2.41. The van der Waals surface area contributed by atoms with Crippen LogP contribution in [0.3, 0.4) is 0 Å². The molecule has 2 N–H and O–H groups in total. The number of rotatable bonds is 4. The van der Waals surface area contributed by atoms with Crippen molar-refractivity contribution in [2.75, 3.05) is 0 Å². The quantitative estimate of drug-likeness (QED) is 0.884. The number of aliphatic hydroxyl groups excluding tert-OH is 1. The Labute approximate surface area is 107 Å². The van der Waals surface area contributed by atoms with E-state index in [1.54, 1.807) is 24.3 Å². The Bertz CT molecular complexity index is 615. The molecule has 0 amide bonds. The Kier molecular flexibility index (Phi) is 3.72. The van der Waals surface area contributed by atoms with Gasteiger partial charge in [0.25, 0.3) is 0 Å². The maximum atomic E-state index is 13.0. The van der Waals surface area contributed by atoms with Gasteiger partial charge in [-0.05, 0) is 12.1 Å². The number of hydrogen-bond donors (Lipinski definition) is 2. The lowest BCUT2D eigenvalue weighted by atomic mass is 10.2. The van der Waals surface area contributed by atoms with Crippen molar-refractivity contribution >= 4 is 5.97 Å². The van der Waals surface area contributed by atoms with Crippen LogP contribution >= 0.6 is 0 Å². The summed E-state index contributed by atoms with van der Waals surface area (Å²) in [6.07, 6.45) is 0.864. The number of carboxylic acids is 1. The lowest BCUT2D eigenvalue weighted by molar-refractivity contribution is 0.0692. The minimum absolute atomic E-state index is 0.227. The molecule has 0 unspecified atom stereocenters. The molecule has 1 heterocycles. The van der Waals surface area contributed by atoms with Crippen LogP contribution in [0.5, 0.6) is 11.6 Å². The number of aromatic nitrogens is 1. The van der Waals surface area contributed by atoms with Crippen LogP contribution in [0.25, 0.3) is 0 Å². The fourth-order valence-corrected chi connectivity index (χ4v) is 1.50. The molecular weight excluding hydrogens is 253 g/mol. The molecule has 1 aromatic heterocycles. The zero-order chi connectivity index (χ0) is 13.8. The van der Waals surface area contributed by atoms with Crippen LogP contribution in [-0.4, -0.2) is 21.2 Å². The molecule has 0 aliphatic rings. The molecule has 0 aliphatic heterocycles. The molecule has 0 aliphatic carbocycles. The third-order valence-corrected chi connectivity index (χ3v) is 2.40. The average Bonchev–Trinajstić information content (AvgIpc) is 2.41. The monoisotopic (exact) mass is 263 g/mol. The molecule has 0 bridgehead atoms. The average molecular weight is 263 g/mol.